The molecule has 6 nitrogen and oxygen atoms in total. The average Bonchev–Trinajstić information content (AvgIpc) is 3.50. The van der Waals surface area contributed by atoms with E-state index >= 15 is 0 Å². The van der Waals surface area contributed by atoms with Crippen LogP contribution in [0.15, 0.2) is 36.5 Å². The molecule has 0 spiro atoms. The molecule has 0 saturated heterocycles. The van der Waals surface area contributed by atoms with E-state index in [0.29, 0.717) is 19.3 Å². The standard InChI is InChI=1S/C77H144O6/c1-4-7-10-13-16-19-22-25-28-30-32-34-36-38-39-40-42-43-45-47-49-52-55-58-61-64-67-70-76(79)82-73-74(72-81-75(78)69-66-63-60-57-54-51-27-24-21-18-15-12-9-6-3)83-77(80)71-68-65-62-59-56-53-50-48-46-44-41-37-35-33-31-29-26-23-20-17-14-11-8-5-2/h22,24-25,27,30,32,74H,4-21,23,26,28-29,31,33-73H2,1-3H3/b25-22-,27-24-,32-30-. The van der Waals surface area contributed by atoms with Crippen LogP contribution >= 0.6 is 0 Å². The summed E-state index contributed by atoms with van der Waals surface area (Å²) in [6, 6.07) is 0. The lowest BCUT2D eigenvalue weighted by atomic mass is 10.0. The van der Waals surface area contributed by atoms with Crippen LogP contribution in [0.1, 0.15) is 419 Å². The van der Waals surface area contributed by atoms with Gasteiger partial charge in [-0.1, -0.05) is 359 Å². The summed E-state index contributed by atoms with van der Waals surface area (Å²) in [6.45, 7) is 6.70. The summed E-state index contributed by atoms with van der Waals surface area (Å²) in [7, 11) is 0. The molecule has 0 heterocycles. The molecule has 488 valence electrons. The third kappa shape index (κ3) is 70.3. The number of rotatable bonds is 70. The molecule has 0 aromatic carbocycles. The number of unbranched alkanes of at least 4 members (excludes halogenated alkanes) is 53. The molecule has 0 N–H and O–H groups in total. The first-order chi connectivity index (χ1) is 41.0. The number of ether oxygens (including phenoxy) is 3. The van der Waals surface area contributed by atoms with Gasteiger partial charge >= 0.3 is 17.9 Å². The Bertz CT molecular complexity index is 1380. The summed E-state index contributed by atoms with van der Waals surface area (Å²) in [6.07, 6.45) is 90.5. The van der Waals surface area contributed by atoms with Gasteiger partial charge in [-0.25, -0.2) is 0 Å². The minimum Gasteiger partial charge on any atom is -0.462 e. The Morgan fingerprint density at radius 1 is 0.241 bits per heavy atom. The Morgan fingerprint density at radius 3 is 0.675 bits per heavy atom. The number of esters is 3. The number of hydrogen-bond acceptors (Lipinski definition) is 6. The van der Waals surface area contributed by atoms with E-state index in [0.717, 1.165) is 70.6 Å². The van der Waals surface area contributed by atoms with Crippen LogP contribution in [-0.2, 0) is 28.6 Å². The fourth-order valence-electron chi connectivity index (χ4n) is 11.5. The van der Waals surface area contributed by atoms with Gasteiger partial charge in [-0.2, -0.15) is 0 Å². The third-order valence-electron chi connectivity index (χ3n) is 17.1. The third-order valence-corrected chi connectivity index (χ3v) is 17.1. The molecule has 0 aliphatic rings. The van der Waals surface area contributed by atoms with Gasteiger partial charge < -0.3 is 14.2 Å². The first kappa shape index (κ1) is 80.6. The Labute approximate surface area is 518 Å². The van der Waals surface area contributed by atoms with Gasteiger partial charge in [-0.15, -0.1) is 0 Å². The lowest BCUT2D eigenvalue weighted by Gasteiger charge is -2.18. The van der Waals surface area contributed by atoms with Crippen molar-refractivity contribution in [2.45, 2.75) is 425 Å². The minimum atomic E-state index is -0.774. The van der Waals surface area contributed by atoms with Crippen molar-refractivity contribution in [3.8, 4) is 0 Å². The van der Waals surface area contributed by atoms with Crippen molar-refractivity contribution in [3.63, 3.8) is 0 Å². The lowest BCUT2D eigenvalue weighted by molar-refractivity contribution is -0.167. The van der Waals surface area contributed by atoms with Gasteiger partial charge in [0, 0.05) is 19.3 Å². The van der Waals surface area contributed by atoms with E-state index in [4.69, 9.17) is 14.2 Å². The molecule has 0 aliphatic heterocycles. The largest absolute Gasteiger partial charge is 0.462 e. The van der Waals surface area contributed by atoms with E-state index in [9.17, 15) is 14.4 Å². The van der Waals surface area contributed by atoms with Gasteiger partial charge in [0.25, 0.3) is 0 Å². The molecule has 0 fully saturated rings. The fraction of sp³-hybridized carbons (Fsp3) is 0.883. The second-order valence-corrected chi connectivity index (χ2v) is 25.6. The molecule has 83 heavy (non-hydrogen) atoms. The number of hydrogen-bond donors (Lipinski definition) is 0. The summed E-state index contributed by atoms with van der Waals surface area (Å²) in [4.78, 5) is 38.5. The minimum absolute atomic E-state index is 0.0692. The van der Waals surface area contributed by atoms with Crippen molar-refractivity contribution >= 4 is 17.9 Å². The van der Waals surface area contributed by atoms with E-state index in [1.165, 1.54) is 308 Å². The maximum absolute atomic E-state index is 13.0. The van der Waals surface area contributed by atoms with Gasteiger partial charge in [-0.05, 0) is 77.0 Å². The van der Waals surface area contributed by atoms with Crippen molar-refractivity contribution in [3.05, 3.63) is 36.5 Å². The highest BCUT2D eigenvalue weighted by Gasteiger charge is 2.20. The summed E-state index contributed by atoms with van der Waals surface area (Å²) in [5.74, 6) is -0.845. The number of allylic oxidation sites excluding steroid dienone is 6. The van der Waals surface area contributed by atoms with Crippen LogP contribution in [0.2, 0.25) is 0 Å². The topological polar surface area (TPSA) is 78.9 Å². The number of carbonyl (C=O) groups is 3. The van der Waals surface area contributed by atoms with E-state index in [2.05, 4.69) is 57.2 Å². The molecule has 0 bridgehead atoms. The molecule has 0 amide bonds. The van der Waals surface area contributed by atoms with Crippen LogP contribution in [-0.4, -0.2) is 37.2 Å². The van der Waals surface area contributed by atoms with Crippen molar-refractivity contribution < 1.29 is 28.6 Å². The van der Waals surface area contributed by atoms with Crippen LogP contribution < -0.4 is 0 Å². The van der Waals surface area contributed by atoms with Crippen molar-refractivity contribution in [2.75, 3.05) is 13.2 Å². The Hall–Kier alpha value is -2.37. The second kappa shape index (κ2) is 72.1. The SMILES string of the molecule is CCCCCCC/C=C\C/C=C\CCCCCCCCCCCCCCCCCC(=O)OCC(COC(=O)CCCCCCC/C=C\CCCCCCC)OC(=O)CCCCCCCCCCCCCCCCCCCCCCCCCC. The molecule has 0 aromatic heterocycles. The van der Waals surface area contributed by atoms with Gasteiger partial charge in [0.15, 0.2) is 6.10 Å². The number of carbonyl (C=O) groups excluding carboxylic acids is 3. The predicted octanol–water partition coefficient (Wildman–Crippen LogP) is 25.9. The van der Waals surface area contributed by atoms with Gasteiger partial charge in [-0.3, -0.25) is 14.4 Å². The van der Waals surface area contributed by atoms with Crippen molar-refractivity contribution in [1.29, 1.82) is 0 Å². The summed E-state index contributed by atoms with van der Waals surface area (Å²) < 4.78 is 17.0. The van der Waals surface area contributed by atoms with Gasteiger partial charge in [0.1, 0.15) is 13.2 Å². The molecule has 0 saturated carbocycles. The highest BCUT2D eigenvalue weighted by molar-refractivity contribution is 5.71. The Kier molecular flexibility index (Phi) is 70.0. The lowest BCUT2D eigenvalue weighted by Crippen LogP contribution is -2.30. The van der Waals surface area contributed by atoms with Crippen LogP contribution in [0.3, 0.4) is 0 Å². The first-order valence-electron chi connectivity index (χ1n) is 37.5. The fourth-order valence-corrected chi connectivity index (χ4v) is 11.5. The van der Waals surface area contributed by atoms with Crippen molar-refractivity contribution in [1.82, 2.24) is 0 Å². The Balaban J connectivity index is 4.22. The average molecular weight is 1170 g/mol. The molecule has 0 radical (unpaired) electrons. The van der Waals surface area contributed by atoms with Gasteiger partial charge in [0.2, 0.25) is 0 Å². The summed E-state index contributed by atoms with van der Waals surface area (Å²) in [5, 5.41) is 0. The maximum atomic E-state index is 13.0. The monoisotopic (exact) mass is 1170 g/mol. The van der Waals surface area contributed by atoms with Crippen LogP contribution in [0.5, 0.6) is 0 Å². The zero-order valence-electron chi connectivity index (χ0n) is 56.2. The van der Waals surface area contributed by atoms with Crippen molar-refractivity contribution in [2.24, 2.45) is 0 Å². The normalized spacial score (nSPS) is 12.2. The molecular formula is C77H144O6. The Morgan fingerprint density at radius 2 is 0.434 bits per heavy atom. The zero-order chi connectivity index (χ0) is 59.9. The van der Waals surface area contributed by atoms with Crippen LogP contribution in [0, 0.1) is 0 Å². The summed E-state index contributed by atoms with van der Waals surface area (Å²) >= 11 is 0. The maximum Gasteiger partial charge on any atom is 0.306 e. The van der Waals surface area contributed by atoms with E-state index in [-0.39, 0.29) is 31.1 Å². The van der Waals surface area contributed by atoms with E-state index in [1.807, 2.05) is 0 Å². The quantitative estimate of drug-likeness (QED) is 0.0261. The predicted molar refractivity (Wildman–Crippen MR) is 362 cm³/mol. The zero-order valence-corrected chi connectivity index (χ0v) is 56.2. The molecule has 6 heteroatoms. The molecular weight excluding hydrogens is 1020 g/mol. The molecule has 0 rings (SSSR count). The van der Waals surface area contributed by atoms with E-state index < -0.39 is 6.10 Å². The highest BCUT2D eigenvalue weighted by atomic mass is 16.6. The van der Waals surface area contributed by atoms with Crippen LogP contribution in [0.4, 0.5) is 0 Å². The highest BCUT2D eigenvalue weighted by Crippen LogP contribution is 2.19. The van der Waals surface area contributed by atoms with Gasteiger partial charge in [0.05, 0.1) is 0 Å². The smallest absolute Gasteiger partial charge is 0.306 e. The van der Waals surface area contributed by atoms with Crippen LogP contribution in [0.25, 0.3) is 0 Å². The molecule has 1 atom stereocenters. The second-order valence-electron chi connectivity index (χ2n) is 25.6. The molecule has 1 unspecified atom stereocenters. The molecule has 0 aromatic rings. The van der Waals surface area contributed by atoms with E-state index in [1.54, 1.807) is 0 Å². The molecule has 0 aliphatic carbocycles. The summed E-state index contributed by atoms with van der Waals surface area (Å²) in [5.41, 5.74) is 0. The first-order valence-corrected chi connectivity index (χ1v) is 37.5.